The van der Waals surface area contributed by atoms with Crippen molar-refractivity contribution in [2.24, 2.45) is 4.99 Å². The second kappa shape index (κ2) is 12.8. The van der Waals surface area contributed by atoms with E-state index in [1.807, 2.05) is 39.0 Å². The summed E-state index contributed by atoms with van der Waals surface area (Å²) < 4.78 is 16.2. The first kappa shape index (κ1) is 26.2. The van der Waals surface area contributed by atoms with E-state index < -0.39 is 5.60 Å². The minimum Gasteiger partial charge on any atom is -0.475 e. The molecule has 0 aliphatic heterocycles. The fourth-order valence-electron chi connectivity index (χ4n) is 2.92. The molecule has 8 nitrogen and oxygen atoms in total. The molecule has 0 spiro atoms. The molecule has 2 aromatic rings. The number of aliphatic hydroxyl groups is 1. The highest BCUT2D eigenvalue weighted by Gasteiger charge is 2.27. The number of nitrogens with one attached hydrogen (secondary N) is 2. The van der Waals surface area contributed by atoms with Gasteiger partial charge < -0.3 is 29.6 Å². The van der Waals surface area contributed by atoms with E-state index in [-0.39, 0.29) is 30.5 Å². The number of aryl methyl sites for hydroxylation is 2. The fraction of sp³-hybridized carbons (Fsp3) is 0.524. The topological polar surface area (TPSA) is 101 Å². The number of nitrogens with zero attached hydrogens (tertiary/aromatic N) is 2. The van der Waals surface area contributed by atoms with Crippen LogP contribution in [0, 0.1) is 13.8 Å². The van der Waals surface area contributed by atoms with Crippen LogP contribution in [-0.4, -0.2) is 49.5 Å². The Kier molecular flexibility index (Phi) is 11.1. The first-order valence-electron chi connectivity index (χ1n) is 9.75. The number of rotatable bonds is 10. The second-order valence-corrected chi connectivity index (χ2v) is 6.96. The molecule has 2 aromatic heterocycles. The molecule has 2 rings (SSSR count). The Hall–Kier alpha value is -1.85. The van der Waals surface area contributed by atoms with Crippen LogP contribution in [0.3, 0.4) is 0 Å². The van der Waals surface area contributed by atoms with Crippen LogP contribution >= 0.6 is 24.0 Å². The van der Waals surface area contributed by atoms with Crippen LogP contribution in [0.4, 0.5) is 0 Å². The largest absolute Gasteiger partial charge is 0.475 e. The quantitative estimate of drug-likeness (QED) is 0.187. The van der Waals surface area contributed by atoms with E-state index in [0.717, 1.165) is 16.9 Å². The van der Waals surface area contributed by atoms with Gasteiger partial charge in [0.15, 0.2) is 5.96 Å². The third-order valence-electron chi connectivity index (χ3n) is 4.35. The lowest BCUT2D eigenvalue weighted by Crippen LogP contribution is -2.44. The summed E-state index contributed by atoms with van der Waals surface area (Å²) in [7, 11) is 1.63. The zero-order valence-electron chi connectivity index (χ0n) is 18.3. The van der Waals surface area contributed by atoms with Crippen molar-refractivity contribution >= 4 is 29.9 Å². The highest BCUT2D eigenvalue weighted by atomic mass is 127. The summed E-state index contributed by atoms with van der Waals surface area (Å²) in [6.07, 6.45) is 1.69. The third-order valence-corrected chi connectivity index (χ3v) is 4.35. The molecule has 30 heavy (non-hydrogen) atoms. The van der Waals surface area contributed by atoms with Crippen molar-refractivity contribution < 1.29 is 19.0 Å². The van der Waals surface area contributed by atoms with Crippen molar-refractivity contribution in [3.63, 3.8) is 0 Å². The van der Waals surface area contributed by atoms with Crippen molar-refractivity contribution in [1.29, 1.82) is 0 Å². The number of halogens is 1. The SMILES string of the molecule is CCNC(=NCc1cccnc1OCCOC)NCC(C)(O)c1cc(C)oc1C.I. The van der Waals surface area contributed by atoms with E-state index in [1.54, 1.807) is 20.2 Å². The van der Waals surface area contributed by atoms with Crippen LogP contribution in [0.25, 0.3) is 0 Å². The van der Waals surface area contributed by atoms with E-state index in [9.17, 15) is 5.11 Å². The Balaban J connectivity index is 0.00000450. The van der Waals surface area contributed by atoms with Crippen molar-refractivity contribution in [2.45, 2.75) is 39.8 Å². The van der Waals surface area contributed by atoms with Gasteiger partial charge in [-0.25, -0.2) is 9.98 Å². The molecule has 0 fully saturated rings. The fourth-order valence-corrected chi connectivity index (χ4v) is 2.92. The summed E-state index contributed by atoms with van der Waals surface area (Å²) in [5.41, 5.74) is 0.536. The van der Waals surface area contributed by atoms with Crippen LogP contribution in [0.15, 0.2) is 33.8 Å². The molecule has 9 heteroatoms. The Bertz CT molecular complexity index is 808. The van der Waals surface area contributed by atoms with Gasteiger partial charge in [0.05, 0.1) is 19.7 Å². The zero-order valence-corrected chi connectivity index (χ0v) is 20.6. The van der Waals surface area contributed by atoms with Gasteiger partial charge in [-0.3, -0.25) is 0 Å². The van der Waals surface area contributed by atoms with Crippen LogP contribution < -0.4 is 15.4 Å². The first-order chi connectivity index (χ1) is 13.9. The lowest BCUT2D eigenvalue weighted by molar-refractivity contribution is 0.0601. The Morgan fingerprint density at radius 1 is 1.30 bits per heavy atom. The van der Waals surface area contributed by atoms with Crippen molar-refractivity contribution in [3.05, 3.63) is 47.0 Å². The summed E-state index contributed by atoms with van der Waals surface area (Å²) in [5, 5.41) is 17.3. The predicted molar refractivity (Wildman–Crippen MR) is 128 cm³/mol. The van der Waals surface area contributed by atoms with Crippen molar-refractivity contribution in [3.8, 4) is 5.88 Å². The molecule has 0 bridgehead atoms. The minimum absolute atomic E-state index is 0. The summed E-state index contributed by atoms with van der Waals surface area (Å²) in [4.78, 5) is 8.88. The number of furan rings is 1. The average molecular weight is 532 g/mol. The lowest BCUT2D eigenvalue weighted by atomic mass is 9.96. The van der Waals surface area contributed by atoms with Gasteiger partial charge in [-0.15, -0.1) is 24.0 Å². The standard InChI is InChI=1S/C21H32N4O4.HI/c1-6-22-20(25-14-21(4,26)18-12-15(2)29-16(18)3)24-13-17-8-7-9-23-19(17)28-11-10-27-5;/h7-9,12,26H,6,10-11,13-14H2,1-5H3,(H2,22,24,25);1H. The summed E-state index contributed by atoms with van der Waals surface area (Å²) in [6, 6.07) is 5.64. The lowest BCUT2D eigenvalue weighted by Gasteiger charge is -2.24. The molecule has 1 atom stereocenters. The molecule has 3 N–H and O–H groups in total. The van der Waals surface area contributed by atoms with Gasteiger partial charge in [0.25, 0.3) is 0 Å². The maximum Gasteiger partial charge on any atom is 0.218 e. The molecule has 0 radical (unpaired) electrons. The van der Waals surface area contributed by atoms with Crippen LogP contribution in [0.1, 0.15) is 36.5 Å². The van der Waals surface area contributed by atoms with Gasteiger partial charge in [0.1, 0.15) is 23.7 Å². The summed E-state index contributed by atoms with van der Waals surface area (Å²) >= 11 is 0. The Labute approximate surface area is 195 Å². The number of pyridine rings is 1. The van der Waals surface area contributed by atoms with Crippen LogP contribution in [-0.2, 0) is 16.9 Å². The van der Waals surface area contributed by atoms with Crippen LogP contribution in [0.5, 0.6) is 5.88 Å². The number of guanidine groups is 1. The molecule has 0 aliphatic carbocycles. The van der Waals surface area contributed by atoms with Gasteiger partial charge in [0, 0.05) is 31.0 Å². The number of methoxy groups -OCH3 is 1. The molecular weight excluding hydrogens is 499 g/mol. The smallest absolute Gasteiger partial charge is 0.218 e. The maximum absolute atomic E-state index is 10.9. The van der Waals surface area contributed by atoms with Crippen LogP contribution in [0.2, 0.25) is 0 Å². The number of aliphatic imine (C=N–C) groups is 1. The predicted octanol–water partition coefficient (Wildman–Crippen LogP) is 2.90. The molecule has 0 aliphatic rings. The minimum atomic E-state index is -1.10. The summed E-state index contributed by atoms with van der Waals surface area (Å²) in [5.74, 6) is 2.62. The average Bonchev–Trinajstić information content (AvgIpc) is 3.04. The molecule has 1 unspecified atom stereocenters. The second-order valence-electron chi connectivity index (χ2n) is 6.96. The third kappa shape index (κ3) is 7.77. The molecule has 0 amide bonds. The van der Waals surface area contributed by atoms with Crippen molar-refractivity contribution in [1.82, 2.24) is 15.6 Å². The monoisotopic (exact) mass is 532 g/mol. The maximum atomic E-state index is 10.9. The summed E-state index contributed by atoms with van der Waals surface area (Å²) in [6.45, 7) is 9.74. The van der Waals surface area contributed by atoms with Gasteiger partial charge in [-0.05, 0) is 39.8 Å². The Morgan fingerprint density at radius 2 is 2.07 bits per heavy atom. The number of aromatic nitrogens is 1. The molecule has 0 aromatic carbocycles. The number of hydrogen-bond donors (Lipinski definition) is 3. The molecule has 0 saturated heterocycles. The van der Waals surface area contributed by atoms with Gasteiger partial charge in [-0.1, -0.05) is 6.07 Å². The zero-order chi connectivity index (χ0) is 21.3. The molecule has 0 saturated carbocycles. The normalized spacial score (nSPS) is 13.3. The molecular formula is C21H33IN4O4. The van der Waals surface area contributed by atoms with E-state index in [4.69, 9.17) is 13.9 Å². The van der Waals surface area contributed by atoms with E-state index in [1.165, 1.54) is 0 Å². The van der Waals surface area contributed by atoms with Crippen molar-refractivity contribution in [2.75, 3.05) is 33.4 Å². The van der Waals surface area contributed by atoms with Gasteiger partial charge in [-0.2, -0.15) is 0 Å². The van der Waals surface area contributed by atoms with E-state index >= 15 is 0 Å². The highest BCUT2D eigenvalue weighted by Crippen LogP contribution is 2.26. The van der Waals surface area contributed by atoms with E-state index in [2.05, 4.69) is 20.6 Å². The Morgan fingerprint density at radius 3 is 2.70 bits per heavy atom. The molecule has 2 heterocycles. The number of ether oxygens (including phenoxy) is 2. The van der Waals surface area contributed by atoms with Gasteiger partial charge in [0.2, 0.25) is 5.88 Å². The first-order valence-corrected chi connectivity index (χ1v) is 9.75. The highest BCUT2D eigenvalue weighted by molar-refractivity contribution is 14.0. The molecule has 168 valence electrons. The number of hydrogen-bond acceptors (Lipinski definition) is 6. The van der Waals surface area contributed by atoms with Gasteiger partial charge >= 0.3 is 0 Å². The van der Waals surface area contributed by atoms with E-state index in [0.29, 0.717) is 43.9 Å².